The van der Waals surface area contributed by atoms with Crippen LogP contribution in [0.1, 0.15) is 25.0 Å². The number of aliphatic imine (C=N–C) groups is 1. The summed E-state index contributed by atoms with van der Waals surface area (Å²) in [7, 11) is -8.65. The predicted molar refractivity (Wildman–Crippen MR) is 145 cm³/mol. The monoisotopic (exact) mass is 539 g/mol. The Morgan fingerprint density at radius 3 is 1.89 bits per heavy atom. The van der Waals surface area contributed by atoms with Crippen molar-refractivity contribution < 1.29 is 25.9 Å². The number of fused-ring (bicyclic) bond motifs is 2. The molecule has 2 aromatic carbocycles. The van der Waals surface area contributed by atoms with Gasteiger partial charge in [0.15, 0.2) is 0 Å². The van der Waals surface area contributed by atoms with E-state index < -0.39 is 39.9 Å². The SMILES string of the molecule is CCN(C)c1ccc2c(c1)[Si](C)(C)c1cc(N(CC)CS(=O)(=O)O)ccc1C2=NCCS(=O)(=O)O. The zero-order chi connectivity index (χ0) is 26.2. The molecule has 1 aliphatic heterocycles. The summed E-state index contributed by atoms with van der Waals surface area (Å²) in [5.41, 5.74) is 4.20. The second-order valence-corrected chi connectivity index (χ2v) is 16.5. The predicted octanol–water partition coefficient (Wildman–Crippen LogP) is 1.68. The van der Waals surface area contributed by atoms with Gasteiger partial charge in [-0.3, -0.25) is 14.1 Å². The van der Waals surface area contributed by atoms with E-state index in [1.165, 1.54) is 0 Å². The van der Waals surface area contributed by atoms with Gasteiger partial charge in [-0.2, -0.15) is 16.8 Å². The van der Waals surface area contributed by atoms with E-state index in [4.69, 9.17) is 0 Å². The van der Waals surface area contributed by atoms with Crippen LogP contribution in [0.2, 0.25) is 13.1 Å². The molecule has 12 heteroatoms. The normalized spacial score (nSPS) is 16.0. The molecular weight excluding hydrogens is 506 g/mol. The number of hydrogen-bond acceptors (Lipinski definition) is 7. The van der Waals surface area contributed by atoms with Crippen LogP contribution in [0, 0.1) is 0 Å². The fourth-order valence-electron chi connectivity index (χ4n) is 4.41. The second-order valence-electron chi connectivity index (χ2n) is 9.18. The first-order valence-electron chi connectivity index (χ1n) is 11.4. The van der Waals surface area contributed by atoms with Crippen LogP contribution in [-0.4, -0.2) is 78.0 Å². The minimum Gasteiger partial charge on any atom is -0.375 e. The molecule has 2 N–H and O–H groups in total. The van der Waals surface area contributed by atoms with Crippen molar-refractivity contribution in [2.45, 2.75) is 26.9 Å². The van der Waals surface area contributed by atoms with Crippen LogP contribution in [0.15, 0.2) is 41.4 Å². The van der Waals surface area contributed by atoms with Crippen molar-refractivity contribution in [3.8, 4) is 0 Å². The smallest absolute Gasteiger partial charge is 0.283 e. The maximum Gasteiger partial charge on any atom is 0.283 e. The zero-order valence-corrected chi connectivity index (χ0v) is 23.3. The summed E-state index contributed by atoms with van der Waals surface area (Å²) in [6.45, 7) is 9.46. The number of benzene rings is 2. The van der Waals surface area contributed by atoms with Crippen molar-refractivity contribution in [2.75, 3.05) is 48.1 Å². The lowest BCUT2D eigenvalue weighted by Gasteiger charge is -2.36. The van der Waals surface area contributed by atoms with Gasteiger partial charge in [0.05, 0.1) is 18.0 Å². The Morgan fingerprint density at radius 2 is 1.40 bits per heavy atom. The molecular formula is C23H33N3O6S2Si. The Hall–Kier alpha value is -2.25. The van der Waals surface area contributed by atoms with E-state index in [-0.39, 0.29) is 6.54 Å². The molecule has 0 aromatic heterocycles. The molecule has 1 heterocycles. The Morgan fingerprint density at radius 1 is 0.857 bits per heavy atom. The zero-order valence-electron chi connectivity index (χ0n) is 20.7. The molecule has 1 aliphatic rings. The third kappa shape index (κ3) is 6.12. The van der Waals surface area contributed by atoms with Crippen molar-refractivity contribution >= 4 is 55.8 Å². The lowest BCUT2D eigenvalue weighted by molar-refractivity contribution is 0.480. The van der Waals surface area contributed by atoms with Gasteiger partial charge in [0.25, 0.3) is 20.2 Å². The van der Waals surface area contributed by atoms with Gasteiger partial charge in [-0.1, -0.05) is 25.2 Å². The number of nitrogens with zero attached hydrogens (tertiary/aromatic N) is 3. The highest BCUT2D eigenvalue weighted by atomic mass is 32.2. The molecule has 2 aromatic rings. The number of rotatable bonds is 9. The summed E-state index contributed by atoms with van der Waals surface area (Å²) in [6, 6.07) is 11.8. The van der Waals surface area contributed by atoms with Gasteiger partial charge in [0, 0.05) is 42.6 Å². The molecule has 0 saturated carbocycles. The maximum absolute atomic E-state index is 11.6. The fourth-order valence-corrected chi connectivity index (χ4v) is 8.51. The Bertz CT molecular complexity index is 1360. The van der Waals surface area contributed by atoms with Gasteiger partial charge >= 0.3 is 0 Å². The standard InChI is InChI=1S/C23H33N3O6S2Si/c1-6-25(3)17-8-10-19-21(14-17)35(4,5)22-15-18(26(7-2)16-34(30,31)32)9-11-20(22)23(19)24-12-13-33(27,28)29/h8-11,14-15H,6-7,12-13,16H2,1-5H3,(H,27,28,29)(H,30,31,32). The lowest BCUT2D eigenvalue weighted by Crippen LogP contribution is -2.60. The van der Waals surface area contributed by atoms with Crippen molar-refractivity contribution in [1.29, 1.82) is 0 Å². The highest BCUT2D eigenvalue weighted by molar-refractivity contribution is 7.86. The van der Waals surface area contributed by atoms with Crippen molar-refractivity contribution in [3.63, 3.8) is 0 Å². The van der Waals surface area contributed by atoms with Gasteiger partial charge in [0.1, 0.15) is 14.0 Å². The second kappa shape index (κ2) is 10.0. The van der Waals surface area contributed by atoms with E-state index in [2.05, 4.69) is 36.0 Å². The highest BCUT2D eigenvalue weighted by Crippen LogP contribution is 2.27. The summed E-state index contributed by atoms with van der Waals surface area (Å²) >= 11 is 0. The molecule has 0 amide bonds. The van der Waals surface area contributed by atoms with E-state index in [0.29, 0.717) is 17.9 Å². The molecule has 0 atom stereocenters. The molecule has 0 fully saturated rings. The first kappa shape index (κ1) is 27.3. The van der Waals surface area contributed by atoms with Crippen LogP contribution in [0.5, 0.6) is 0 Å². The van der Waals surface area contributed by atoms with Crippen LogP contribution in [0.25, 0.3) is 0 Å². The third-order valence-electron chi connectivity index (χ3n) is 6.46. The Labute approximate surface area is 209 Å². The van der Waals surface area contributed by atoms with Crippen LogP contribution >= 0.6 is 0 Å². The summed E-state index contributed by atoms with van der Waals surface area (Å²) in [4.78, 5) is 8.33. The van der Waals surface area contributed by atoms with Crippen LogP contribution in [-0.2, 0) is 20.2 Å². The summed E-state index contributed by atoms with van der Waals surface area (Å²) in [5, 5.41) is 2.18. The van der Waals surface area contributed by atoms with E-state index in [1.807, 2.05) is 38.2 Å². The quantitative estimate of drug-likeness (QED) is 0.364. The average Bonchev–Trinajstić information content (AvgIpc) is 2.77. The minimum absolute atomic E-state index is 0.0861. The van der Waals surface area contributed by atoms with E-state index in [9.17, 15) is 25.9 Å². The van der Waals surface area contributed by atoms with E-state index in [0.717, 1.165) is 33.7 Å². The Balaban J connectivity index is 2.22. The van der Waals surface area contributed by atoms with Crippen molar-refractivity contribution in [1.82, 2.24) is 0 Å². The summed E-state index contributed by atoms with van der Waals surface area (Å²) in [6.07, 6.45) is 0. The van der Waals surface area contributed by atoms with E-state index in [1.54, 1.807) is 11.0 Å². The van der Waals surface area contributed by atoms with Crippen LogP contribution in [0.3, 0.4) is 0 Å². The highest BCUT2D eigenvalue weighted by Gasteiger charge is 2.38. The van der Waals surface area contributed by atoms with E-state index >= 15 is 0 Å². The number of hydrogen-bond donors (Lipinski definition) is 2. The molecule has 0 unspecified atom stereocenters. The molecule has 9 nitrogen and oxygen atoms in total. The molecule has 3 rings (SSSR count). The summed E-state index contributed by atoms with van der Waals surface area (Å²) in [5.74, 6) is -0.990. The molecule has 0 radical (unpaired) electrons. The van der Waals surface area contributed by atoms with Gasteiger partial charge in [0.2, 0.25) is 0 Å². The molecule has 35 heavy (non-hydrogen) atoms. The largest absolute Gasteiger partial charge is 0.375 e. The molecule has 0 spiro atoms. The van der Waals surface area contributed by atoms with Crippen LogP contribution < -0.4 is 20.2 Å². The average molecular weight is 540 g/mol. The lowest BCUT2D eigenvalue weighted by atomic mass is 10.00. The molecule has 0 bridgehead atoms. The number of anilines is 2. The first-order valence-corrected chi connectivity index (χ1v) is 17.6. The Kier molecular flexibility index (Phi) is 7.82. The van der Waals surface area contributed by atoms with Gasteiger partial charge in [-0.15, -0.1) is 0 Å². The van der Waals surface area contributed by atoms with Gasteiger partial charge < -0.3 is 9.80 Å². The first-order chi connectivity index (χ1) is 16.2. The minimum atomic E-state index is -4.21. The van der Waals surface area contributed by atoms with Gasteiger partial charge in [-0.05, 0) is 48.5 Å². The van der Waals surface area contributed by atoms with Crippen LogP contribution in [0.4, 0.5) is 11.4 Å². The molecule has 0 saturated heterocycles. The van der Waals surface area contributed by atoms with Crippen molar-refractivity contribution in [3.05, 3.63) is 47.5 Å². The van der Waals surface area contributed by atoms with Gasteiger partial charge in [-0.25, -0.2) is 0 Å². The van der Waals surface area contributed by atoms with Crippen molar-refractivity contribution in [2.24, 2.45) is 4.99 Å². The maximum atomic E-state index is 11.6. The molecule has 0 aliphatic carbocycles. The topological polar surface area (TPSA) is 128 Å². The third-order valence-corrected chi connectivity index (χ3v) is 11.3. The molecule has 192 valence electrons. The summed E-state index contributed by atoms with van der Waals surface area (Å²) < 4.78 is 64.3. The fraction of sp³-hybridized carbons (Fsp3) is 0.435.